The van der Waals surface area contributed by atoms with Crippen LogP contribution in [-0.2, 0) is 0 Å². The number of methoxy groups -OCH3 is 1. The van der Waals surface area contributed by atoms with Crippen molar-refractivity contribution < 1.29 is 14.6 Å². The first-order chi connectivity index (χ1) is 8.56. The molecule has 4 N–H and O–H groups in total. The first-order valence-corrected chi connectivity index (χ1v) is 5.62. The fourth-order valence-electron chi connectivity index (χ4n) is 1.51. The number of hydrogen-bond donors (Lipinski definition) is 3. The quantitative estimate of drug-likeness (QED) is 0.783. The summed E-state index contributed by atoms with van der Waals surface area (Å²) in [6.45, 7) is 0. The average molecular weight is 313 g/mol. The topological polar surface area (TPSA) is 114 Å². The number of nitrogens with zero attached hydrogens (tertiary/aromatic N) is 2. The van der Waals surface area contributed by atoms with Gasteiger partial charge in [-0.05, 0) is 28.1 Å². The van der Waals surface area contributed by atoms with E-state index in [9.17, 15) is 9.90 Å². The Kier molecular flexibility index (Phi) is 3.19. The number of halogens is 1. The number of H-pyrrole nitrogens is 1. The smallest absolute Gasteiger partial charge is 0.271 e. The summed E-state index contributed by atoms with van der Waals surface area (Å²) < 4.78 is 5.50. The van der Waals surface area contributed by atoms with Gasteiger partial charge in [-0.1, -0.05) is 0 Å². The Morgan fingerprint density at radius 1 is 1.50 bits per heavy atom. The Balaban J connectivity index is 2.65. The zero-order chi connectivity index (χ0) is 13.3. The van der Waals surface area contributed by atoms with Crippen molar-refractivity contribution in [1.29, 1.82) is 0 Å². The molecule has 1 heterocycles. The van der Waals surface area contributed by atoms with Crippen molar-refractivity contribution in [2.45, 2.75) is 0 Å². The molecular formula is C10H9BrN4O3. The molecule has 0 fully saturated rings. The van der Waals surface area contributed by atoms with Gasteiger partial charge >= 0.3 is 0 Å². The Morgan fingerprint density at radius 2 is 2.22 bits per heavy atom. The van der Waals surface area contributed by atoms with Gasteiger partial charge in [0.15, 0.2) is 17.2 Å². The monoisotopic (exact) mass is 312 g/mol. The minimum Gasteiger partial charge on any atom is -0.504 e. The van der Waals surface area contributed by atoms with E-state index in [2.05, 4.69) is 31.3 Å². The molecule has 7 nitrogen and oxygen atoms in total. The van der Waals surface area contributed by atoms with Gasteiger partial charge in [-0.2, -0.15) is 15.4 Å². The highest BCUT2D eigenvalue weighted by molar-refractivity contribution is 9.10. The van der Waals surface area contributed by atoms with Crippen LogP contribution in [0.2, 0.25) is 0 Å². The minimum absolute atomic E-state index is 0.0171. The second kappa shape index (κ2) is 4.65. The lowest BCUT2D eigenvalue weighted by atomic mass is 10.1. The van der Waals surface area contributed by atoms with E-state index in [1.54, 1.807) is 6.07 Å². The third-order valence-corrected chi connectivity index (χ3v) is 3.10. The van der Waals surface area contributed by atoms with Gasteiger partial charge in [-0.25, -0.2) is 0 Å². The zero-order valence-electron chi connectivity index (χ0n) is 9.27. The van der Waals surface area contributed by atoms with Crippen molar-refractivity contribution in [3.8, 4) is 22.8 Å². The van der Waals surface area contributed by atoms with Gasteiger partial charge < -0.3 is 15.6 Å². The van der Waals surface area contributed by atoms with Crippen LogP contribution in [0.5, 0.6) is 11.5 Å². The van der Waals surface area contributed by atoms with Crippen LogP contribution in [0.4, 0.5) is 0 Å². The molecule has 8 heteroatoms. The number of aromatic nitrogens is 3. The molecule has 1 amide bonds. The minimum atomic E-state index is -0.697. The predicted octanol–water partition coefficient (Wildman–Crippen LogP) is 1.05. The third-order valence-electron chi connectivity index (χ3n) is 2.32. The molecule has 1 aromatic carbocycles. The number of phenolic OH excluding ortho intramolecular Hbond substituents is 1. The molecule has 1 aromatic heterocycles. The maximum atomic E-state index is 11.2. The molecule has 0 saturated heterocycles. The van der Waals surface area contributed by atoms with E-state index in [0.717, 1.165) is 0 Å². The number of carbonyl (C=O) groups is 1. The molecule has 0 saturated carbocycles. The summed E-state index contributed by atoms with van der Waals surface area (Å²) in [5.74, 6) is -0.485. The Hall–Kier alpha value is -2.09. The molecule has 2 aromatic rings. The van der Waals surface area contributed by atoms with Crippen molar-refractivity contribution in [2.24, 2.45) is 5.73 Å². The van der Waals surface area contributed by atoms with Gasteiger partial charge in [0.1, 0.15) is 5.69 Å². The third kappa shape index (κ3) is 1.90. The Morgan fingerprint density at radius 3 is 2.83 bits per heavy atom. The summed E-state index contributed by atoms with van der Waals surface area (Å²) in [6.07, 6.45) is 0. The number of phenols is 1. The van der Waals surface area contributed by atoms with E-state index in [1.165, 1.54) is 13.2 Å². The molecule has 0 aliphatic heterocycles. The van der Waals surface area contributed by atoms with Crippen LogP contribution < -0.4 is 10.5 Å². The normalized spacial score (nSPS) is 10.3. The summed E-state index contributed by atoms with van der Waals surface area (Å²) in [5, 5.41) is 19.5. The van der Waals surface area contributed by atoms with Crippen LogP contribution >= 0.6 is 15.9 Å². The Labute approximate surface area is 110 Å². The lowest BCUT2D eigenvalue weighted by molar-refractivity contribution is 0.0996. The number of rotatable bonds is 3. The standard InChI is InChI=1S/C10H9BrN4O3/c1-18-9-5(16)3-2-4(6(9)11)7-8(10(12)17)14-15-13-7/h2-3,16H,1H3,(H2,12,17)(H,13,14,15). The number of ether oxygens (including phenoxy) is 1. The van der Waals surface area contributed by atoms with Gasteiger partial charge in [0, 0.05) is 5.56 Å². The van der Waals surface area contributed by atoms with Crippen molar-refractivity contribution >= 4 is 21.8 Å². The lowest BCUT2D eigenvalue weighted by Gasteiger charge is -2.09. The number of aromatic amines is 1. The summed E-state index contributed by atoms with van der Waals surface area (Å²) in [6, 6.07) is 3.00. The van der Waals surface area contributed by atoms with Gasteiger partial charge in [-0.15, -0.1) is 0 Å². The number of nitrogens with two attached hydrogens (primary N) is 1. The van der Waals surface area contributed by atoms with Gasteiger partial charge in [0.2, 0.25) is 0 Å². The van der Waals surface area contributed by atoms with Crippen LogP contribution in [0.25, 0.3) is 11.3 Å². The summed E-state index contributed by atoms with van der Waals surface area (Å²) in [5.41, 5.74) is 6.03. The predicted molar refractivity (Wildman–Crippen MR) is 66.3 cm³/mol. The highest BCUT2D eigenvalue weighted by Gasteiger charge is 2.20. The molecular weight excluding hydrogens is 304 g/mol. The van der Waals surface area contributed by atoms with Crippen LogP contribution in [-0.4, -0.2) is 33.5 Å². The van der Waals surface area contributed by atoms with Crippen molar-refractivity contribution in [2.75, 3.05) is 7.11 Å². The molecule has 0 aliphatic carbocycles. The molecule has 2 rings (SSSR count). The van der Waals surface area contributed by atoms with Crippen molar-refractivity contribution in [1.82, 2.24) is 15.4 Å². The number of hydrogen-bond acceptors (Lipinski definition) is 5. The molecule has 0 unspecified atom stereocenters. The van der Waals surface area contributed by atoms with E-state index in [4.69, 9.17) is 10.5 Å². The largest absolute Gasteiger partial charge is 0.504 e. The number of aromatic hydroxyl groups is 1. The van der Waals surface area contributed by atoms with E-state index in [1.807, 2.05) is 0 Å². The van der Waals surface area contributed by atoms with Crippen molar-refractivity contribution in [3.05, 3.63) is 22.3 Å². The molecule has 0 bridgehead atoms. The first-order valence-electron chi connectivity index (χ1n) is 4.82. The highest BCUT2D eigenvalue weighted by atomic mass is 79.9. The number of amides is 1. The van der Waals surface area contributed by atoms with Gasteiger partial charge in [0.25, 0.3) is 5.91 Å². The maximum Gasteiger partial charge on any atom is 0.271 e. The van der Waals surface area contributed by atoms with E-state index in [-0.39, 0.29) is 22.9 Å². The second-order valence-electron chi connectivity index (χ2n) is 3.36. The Bertz CT molecular complexity index is 611. The SMILES string of the molecule is COc1c(O)ccc(-c2n[nH]nc2C(N)=O)c1Br. The van der Waals surface area contributed by atoms with Crippen LogP contribution in [0.3, 0.4) is 0 Å². The van der Waals surface area contributed by atoms with Crippen molar-refractivity contribution in [3.63, 3.8) is 0 Å². The number of primary amides is 1. The average Bonchev–Trinajstić information content (AvgIpc) is 2.78. The lowest BCUT2D eigenvalue weighted by Crippen LogP contribution is -2.12. The summed E-state index contributed by atoms with van der Waals surface area (Å²) in [7, 11) is 1.42. The molecule has 0 aliphatic rings. The molecule has 18 heavy (non-hydrogen) atoms. The molecule has 94 valence electrons. The van der Waals surface area contributed by atoms with Gasteiger partial charge in [0.05, 0.1) is 11.6 Å². The molecule has 0 spiro atoms. The van der Waals surface area contributed by atoms with E-state index < -0.39 is 5.91 Å². The van der Waals surface area contributed by atoms with E-state index >= 15 is 0 Å². The molecule has 0 atom stereocenters. The highest BCUT2D eigenvalue weighted by Crippen LogP contribution is 2.41. The fraction of sp³-hybridized carbons (Fsp3) is 0.100. The summed E-state index contributed by atoms with van der Waals surface area (Å²) in [4.78, 5) is 11.2. The first kappa shape index (κ1) is 12.4. The number of carbonyl (C=O) groups excluding carboxylic acids is 1. The van der Waals surface area contributed by atoms with Crippen LogP contribution in [0.1, 0.15) is 10.5 Å². The fourth-order valence-corrected chi connectivity index (χ4v) is 2.20. The zero-order valence-corrected chi connectivity index (χ0v) is 10.9. The second-order valence-corrected chi connectivity index (χ2v) is 4.16. The number of benzene rings is 1. The van der Waals surface area contributed by atoms with Crippen LogP contribution in [0.15, 0.2) is 16.6 Å². The molecule has 0 radical (unpaired) electrons. The maximum absolute atomic E-state index is 11.2. The summed E-state index contributed by atoms with van der Waals surface area (Å²) >= 11 is 3.28. The van der Waals surface area contributed by atoms with Gasteiger partial charge in [-0.3, -0.25) is 4.79 Å². The van der Waals surface area contributed by atoms with Crippen LogP contribution in [0, 0.1) is 0 Å². The number of nitrogens with one attached hydrogen (secondary N) is 1. The van der Waals surface area contributed by atoms with E-state index in [0.29, 0.717) is 10.0 Å².